The van der Waals surface area contributed by atoms with Gasteiger partial charge in [0.2, 0.25) is 0 Å². The molecule has 0 unspecified atom stereocenters. The predicted molar refractivity (Wildman–Crippen MR) is 152 cm³/mol. The highest BCUT2D eigenvalue weighted by Crippen LogP contribution is 2.36. The van der Waals surface area contributed by atoms with Crippen LogP contribution in [0.25, 0.3) is 10.9 Å². The molecule has 2 aromatic carbocycles. The third kappa shape index (κ3) is 6.33. The van der Waals surface area contributed by atoms with E-state index in [9.17, 15) is 9.18 Å². The van der Waals surface area contributed by atoms with Gasteiger partial charge in [0.15, 0.2) is 17.3 Å². The number of anilines is 2. The molecule has 9 nitrogen and oxygen atoms in total. The van der Waals surface area contributed by atoms with Crippen LogP contribution in [0, 0.1) is 17.7 Å². The van der Waals surface area contributed by atoms with Crippen molar-refractivity contribution >= 4 is 40.1 Å². The van der Waals surface area contributed by atoms with Crippen molar-refractivity contribution < 1.29 is 23.4 Å². The maximum atomic E-state index is 14.5. The molecule has 2 saturated heterocycles. The molecular formula is C29H35ClFN5O4. The molecule has 1 aromatic heterocycles. The Labute approximate surface area is 238 Å². The number of carbonyl (C=O) groups is 1. The standard InChI is InChI=1S/C29H35ClFN5O4/c1-29(2,3)40-28(37)36-15-18-13-35(14-19(18)16-36)9-6-10-39-25-11-20-23(12-24(25)38-4)32-17-33-27(20)34-22-8-5-7-21(30)26(22)31/h5,7-8,11-12,17-19H,6,9-10,13-16H2,1-4H3,(H,32,33,34)/t18-,19+. The van der Waals surface area contributed by atoms with Gasteiger partial charge in [-0.15, -0.1) is 0 Å². The van der Waals surface area contributed by atoms with Gasteiger partial charge < -0.3 is 29.3 Å². The third-order valence-electron chi connectivity index (χ3n) is 7.22. The maximum Gasteiger partial charge on any atom is 0.410 e. The zero-order chi connectivity index (χ0) is 28.4. The average Bonchev–Trinajstić information content (AvgIpc) is 3.47. The van der Waals surface area contributed by atoms with E-state index >= 15 is 0 Å². The van der Waals surface area contributed by atoms with Gasteiger partial charge in [0, 0.05) is 44.2 Å². The van der Waals surface area contributed by atoms with E-state index in [1.807, 2.05) is 31.7 Å². The minimum absolute atomic E-state index is 0.0241. The molecule has 0 radical (unpaired) electrons. The Kier molecular flexibility index (Phi) is 8.19. The van der Waals surface area contributed by atoms with Crippen molar-refractivity contribution in [2.45, 2.75) is 32.8 Å². The molecule has 0 spiro atoms. The van der Waals surface area contributed by atoms with Crippen molar-refractivity contribution in [3.63, 3.8) is 0 Å². The van der Waals surface area contributed by atoms with Gasteiger partial charge in [-0.3, -0.25) is 0 Å². The number of halogens is 2. The number of hydrogen-bond acceptors (Lipinski definition) is 8. The summed E-state index contributed by atoms with van der Waals surface area (Å²) in [4.78, 5) is 25.4. The van der Waals surface area contributed by atoms with Crippen LogP contribution >= 0.6 is 11.6 Å². The number of benzene rings is 2. The Morgan fingerprint density at radius 3 is 2.58 bits per heavy atom. The highest BCUT2D eigenvalue weighted by atomic mass is 35.5. The fourth-order valence-corrected chi connectivity index (χ4v) is 5.56. The molecule has 0 saturated carbocycles. The summed E-state index contributed by atoms with van der Waals surface area (Å²) < 4.78 is 31.7. The van der Waals surface area contributed by atoms with Crippen molar-refractivity contribution in [1.29, 1.82) is 0 Å². The lowest BCUT2D eigenvalue weighted by atomic mass is 10.0. The molecule has 1 amide bonds. The molecular weight excluding hydrogens is 537 g/mol. The Balaban J connectivity index is 1.17. The molecule has 40 heavy (non-hydrogen) atoms. The van der Waals surface area contributed by atoms with Crippen LogP contribution < -0.4 is 14.8 Å². The number of ether oxygens (including phenoxy) is 3. The van der Waals surface area contributed by atoms with E-state index in [0.717, 1.165) is 39.1 Å². The summed E-state index contributed by atoms with van der Waals surface area (Å²) in [5.41, 5.74) is 0.372. The molecule has 11 heteroatoms. The molecule has 214 valence electrons. The average molecular weight is 572 g/mol. The molecule has 2 fully saturated rings. The first kappa shape index (κ1) is 28.2. The zero-order valence-corrected chi connectivity index (χ0v) is 24.0. The van der Waals surface area contributed by atoms with Gasteiger partial charge in [-0.1, -0.05) is 17.7 Å². The number of hydrogen-bond donors (Lipinski definition) is 1. The summed E-state index contributed by atoms with van der Waals surface area (Å²) in [6.45, 7) is 10.5. The molecule has 5 rings (SSSR count). The number of fused-ring (bicyclic) bond motifs is 2. The van der Waals surface area contributed by atoms with E-state index in [1.165, 1.54) is 12.4 Å². The largest absolute Gasteiger partial charge is 0.493 e. The fourth-order valence-electron chi connectivity index (χ4n) is 5.38. The van der Waals surface area contributed by atoms with Gasteiger partial charge in [0.25, 0.3) is 0 Å². The number of aromatic nitrogens is 2. The first-order valence-electron chi connectivity index (χ1n) is 13.5. The lowest BCUT2D eigenvalue weighted by Gasteiger charge is -2.26. The van der Waals surface area contributed by atoms with Crippen molar-refractivity contribution in [2.75, 3.05) is 51.8 Å². The Morgan fingerprint density at radius 1 is 1.12 bits per heavy atom. The van der Waals surface area contributed by atoms with Crippen LogP contribution in [0.2, 0.25) is 5.02 Å². The van der Waals surface area contributed by atoms with Gasteiger partial charge in [-0.05, 0) is 57.2 Å². The number of likely N-dealkylation sites (tertiary alicyclic amines) is 2. The second-order valence-electron chi connectivity index (χ2n) is 11.3. The van der Waals surface area contributed by atoms with Crippen molar-refractivity contribution in [3.05, 3.63) is 47.5 Å². The first-order valence-corrected chi connectivity index (χ1v) is 13.9. The molecule has 1 N–H and O–H groups in total. The summed E-state index contributed by atoms with van der Waals surface area (Å²) >= 11 is 5.94. The Bertz CT molecular complexity index is 1370. The number of carbonyl (C=O) groups excluding carboxylic acids is 1. The highest BCUT2D eigenvalue weighted by molar-refractivity contribution is 6.31. The number of nitrogens with one attached hydrogen (secondary N) is 1. The van der Waals surface area contributed by atoms with Crippen LogP contribution in [-0.4, -0.2) is 77.9 Å². The summed E-state index contributed by atoms with van der Waals surface area (Å²) in [5, 5.41) is 3.71. The molecule has 2 aliphatic rings. The van der Waals surface area contributed by atoms with Crippen molar-refractivity contribution in [2.24, 2.45) is 11.8 Å². The Hall–Kier alpha value is -3.37. The summed E-state index contributed by atoms with van der Waals surface area (Å²) in [6.07, 6.45) is 2.03. The molecule has 3 aromatic rings. The topological polar surface area (TPSA) is 89.1 Å². The van der Waals surface area contributed by atoms with Crippen molar-refractivity contribution in [3.8, 4) is 11.5 Å². The van der Waals surface area contributed by atoms with Crippen molar-refractivity contribution in [1.82, 2.24) is 19.8 Å². The van der Waals surface area contributed by atoms with Crippen LogP contribution in [0.1, 0.15) is 27.2 Å². The van der Waals surface area contributed by atoms with E-state index in [4.69, 9.17) is 25.8 Å². The van der Waals surface area contributed by atoms with Crippen LogP contribution in [0.15, 0.2) is 36.7 Å². The maximum absolute atomic E-state index is 14.5. The third-order valence-corrected chi connectivity index (χ3v) is 7.51. The molecule has 0 bridgehead atoms. The van der Waals surface area contributed by atoms with Crippen LogP contribution in [0.5, 0.6) is 11.5 Å². The normalized spacial score (nSPS) is 19.1. The van der Waals surface area contributed by atoms with Gasteiger partial charge in [0.05, 0.1) is 29.9 Å². The van der Waals surface area contributed by atoms with Crippen LogP contribution in [0.4, 0.5) is 20.7 Å². The van der Waals surface area contributed by atoms with Gasteiger partial charge in [-0.25, -0.2) is 19.2 Å². The predicted octanol–water partition coefficient (Wildman–Crippen LogP) is 5.74. The minimum Gasteiger partial charge on any atom is -0.493 e. The number of rotatable bonds is 8. The SMILES string of the molecule is COc1cc2ncnc(Nc3cccc(Cl)c3F)c2cc1OCCCN1C[C@@H]2CN(C(=O)OC(C)(C)C)C[C@@H]2C1. The second-order valence-corrected chi connectivity index (χ2v) is 11.7. The van der Waals surface area contributed by atoms with Crippen LogP contribution in [-0.2, 0) is 4.74 Å². The van der Waals surface area contributed by atoms with Gasteiger partial charge in [-0.2, -0.15) is 0 Å². The smallest absolute Gasteiger partial charge is 0.410 e. The fraction of sp³-hybridized carbons (Fsp3) is 0.483. The lowest BCUT2D eigenvalue weighted by molar-refractivity contribution is 0.0274. The number of amides is 1. The van der Waals surface area contributed by atoms with E-state index in [-0.39, 0.29) is 16.8 Å². The number of methoxy groups -OCH3 is 1. The summed E-state index contributed by atoms with van der Waals surface area (Å²) in [6, 6.07) is 8.34. The summed E-state index contributed by atoms with van der Waals surface area (Å²) in [5.74, 6) is 1.95. The van der Waals surface area contributed by atoms with E-state index in [1.54, 1.807) is 25.3 Å². The highest BCUT2D eigenvalue weighted by Gasteiger charge is 2.42. The van der Waals surface area contributed by atoms with Gasteiger partial charge >= 0.3 is 6.09 Å². The minimum atomic E-state index is -0.551. The van der Waals surface area contributed by atoms with E-state index in [0.29, 0.717) is 46.7 Å². The quantitative estimate of drug-likeness (QED) is 0.342. The Morgan fingerprint density at radius 2 is 1.88 bits per heavy atom. The second kappa shape index (κ2) is 11.6. The van der Waals surface area contributed by atoms with E-state index < -0.39 is 11.4 Å². The molecule has 2 atom stereocenters. The van der Waals surface area contributed by atoms with Gasteiger partial charge in [0.1, 0.15) is 17.7 Å². The van der Waals surface area contributed by atoms with Crippen LogP contribution in [0.3, 0.4) is 0 Å². The first-order chi connectivity index (χ1) is 19.1. The molecule has 3 heterocycles. The monoisotopic (exact) mass is 571 g/mol. The zero-order valence-electron chi connectivity index (χ0n) is 23.2. The lowest BCUT2D eigenvalue weighted by Crippen LogP contribution is -2.37. The number of nitrogens with zero attached hydrogens (tertiary/aromatic N) is 4. The van der Waals surface area contributed by atoms with E-state index in [2.05, 4.69) is 20.2 Å². The molecule has 2 aliphatic heterocycles. The molecule has 0 aliphatic carbocycles. The summed E-state index contributed by atoms with van der Waals surface area (Å²) in [7, 11) is 1.58.